The first-order valence-electron chi connectivity index (χ1n) is 8.91. The number of hydrogen-bond acceptors (Lipinski definition) is 2. The van der Waals surface area contributed by atoms with E-state index in [-0.39, 0.29) is 0 Å². The number of H-pyrrole nitrogens is 1. The third-order valence-corrected chi connectivity index (χ3v) is 5.59. The van der Waals surface area contributed by atoms with Gasteiger partial charge in [0.25, 0.3) is 0 Å². The van der Waals surface area contributed by atoms with Gasteiger partial charge in [-0.2, -0.15) is 0 Å². The first-order chi connectivity index (χ1) is 11.7. The number of aryl methyl sites for hydroxylation is 2. The Morgan fingerprint density at radius 3 is 2.58 bits per heavy atom. The van der Waals surface area contributed by atoms with Crippen LogP contribution in [0.3, 0.4) is 0 Å². The molecule has 24 heavy (non-hydrogen) atoms. The molecule has 3 nitrogen and oxygen atoms in total. The van der Waals surface area contributed by atoms with Crippen LogP contribution in [0.4, 0.5) is 0 Å². The molecule has 2 aromatic heterocycles. The number of rotatable bonds is 3. The molecule has 3 aromatic rings. The second kappa shape index (κ2) is 6.40. The molecular formula is C21H25N3. The van der Waals surface area contributed by atoms with Gasteiger partial charge < -0.3 is 4.98 Å². The molecule has 0 spiro atoms. The van der Waals surface area contributed by atoms with Gasteiger partial charge in [-0.1, -0.05) is 18.2 Å². The van der Waals surface area contributed by atoms with Gasteiger partial charge in [-0.25, -0.2) is 0 Å². The zero-order valence-corrected chi connectivity index (χ0v) is 14.5. The van der Waals surface area contributed by atoms with Gasteiger partial charge in [0, 0.05) is 30.0 Å². The van der Waals surface area contributed by atoms with Crippen LogP contribution in [0.15, 0.2) is 42.7 Å². The molecule has 0 unspecified atom stereocenters. The lowest BCUT2D eigenvalue weighted by Gasteiger charge is -2.32. The summed E-state index contributed by atoms with van der Waals surface area (Å²) in [6.07, 6.45) is 6.31. The normalized spacial score (nSPS) is 16.8. The van der Waals surface area contributed by atoms with Crippen molar-refractivity contribution in [1.29, 1.82) is 0 Å². The Balaban J connectivity index is 1.47. The molecule has 1 N–H and O–H groups in total. The van der Waals surface area contributed by atoms with Crippen molar-refractivity contribution in [3.8, 4) is 0 Å². The number of aromatic amines is 1. The molecule has 0 radical (unpaired) electrons. The van der Waals surface area contributed by atoms with Gasteiger partial charge in [-0.3, -0.25) is 9.88 Å². The minimum atomic E-state index is 0.690. The lowest BCUT2D eigenvalue weighted by Crippen LogP contribution is -2.32. The number of benzene rings is 1. The predicted octanol–water partition coefficient (Wildman–Crippen LogP) is 4.56. The minimum Gasteiger partial charge on any atom is -0.358 e. The second-order valence-electron chi connectivity index (χ2n) is 7.05. The average molecular weight is 319 g/mol. The van der Waals surface area contributed by atoms with E-state index in [1.807, 2.05) is 12.4 Å². The standard InChI is InChI=1S/C21H25N3/c1-15-16(2)23-21-19(4-3-5-20(15)21)14-24-12-8-18(9-13-24)17-6-10-22-11-7-17/h3-7,10-11,18,23H,8-9,12-14H2,1-2H3. The summed E-state index contributed by atoms with van der Waals surface area (Å²) in [4.78, 5) is 10.3. The Labute approximate surface area is 143 Å². The second-order valence-corrected chi connectivity index (χ2v) is 7.05. The highest BCUT2D eigenvalue weighted by molar-refractivity contribution is 5.87. The highest BCUT2D eigenvalue weighted by atomic mass is 15.1. The Bertz CT molecular complexity index is 827. The van der Waals surface area contributed by atoms with Crippen molar-refractivity contribution >= 4 is 10.9 Å². The lowest BCUT2D eigenvalue weighted by atomic mass is 9.90. The van der Waals surface area contributed by atoms with Crippen molar-refractivity contribution in [3.05, 3.63) is 65.1 Å². The molecule has 4 rings (SSSR count). The highest BCUT2D eigenvalue weighted by Crippen LogP contribution is 2.30. The van der Waals surface area contributed by atoms with Crippen LogP contribution in [-0.2, 0) is 6.54 Å². The first-order valence-corrected chi connectivity index (χ1v) is 8.91. The molecule has 0 bridgehead atoms. The molecule has 1 fully saturated rings. The SMILES string of the molecule is Cc1[nH]c2c(CN3CCC(c4ccncc4)CC3)cccc2c1C. The number of pyridine rings is 1. The topological polar surface area (TPSA) is 31.9 Å². The molecule has 1 saturated heterocycles. The number of para-hydroxylation sites is 1. The summed E-state index contributed by atoms with van der Waals surface area (Å²) in [5.74, 6) is 0.690. The van der Waals surface area contributed by atoms with Gasteiger partial charge in [-0.05, 0) is 74.5 Å². The van der Waals surface area contributed by atoms with Crippen molar-refractivity contribution in [3.63, 3.8) is 0 Å². The van der Waals surface area contributed by atoms with Gasteiger partial charge in [0.05, 0.1) is 5.52 Å². The maximum Gasteiger partial charge on any atom is 0.0504 e. The summed E-state index contributed by atoms with van der Waals surface area (Å²) in [6.45, 7) is 7.75. The fraction of sp³-hybridized carbons (Fsp3) is 0.381. The van der Waals surface area contributed by atoms with E-state index in [4.69, 9.17) is 0 Å². The smallest absolute Gasteiger partial charge is 0.0504 e. The highest BCUT2D eigenvalue weighted by Gasteiger charge is 2.21. The van der Waals surface area contributed by atoms with E-state index in [9.17, 15) is 0 Å². The van der Waals surface area contributed by atoms with Crippen molar-refractivity contribution < 1.29 is 0 Å². The Morgan fingerprint density at radius 1 is 1.08 bits per heavy atom. The number of piperidine rings is 1. The largest absolute Gasteiger partial charge is 0.358 e. The lowest BCUT2D eigenvalue weighted by molar-refractivity contribution is 0.205. The zero-order valence-electron chi connectivity index (χ0n) is 14.5. The first kappa shape index (κ1) is 15.4. The minimum absolute atomic E-state index is 0.690. The van der Waals surface area contributed by atoms with Crippen molar-refractivity contribution in [2.24, 2.45) is 0 Å². The van der Waals surface area contributed by atoms with Crippen molar-refractivity contribution in [2.75, 3.05) is 13.1 Å². The van der Waals surface area contributed by atoms with Crippen LogP contribution < -0.4 is 0 Å². The van der Waals surface area contributed by atoms with Gasteiger partial charge in [0.2, 0.25) is 0 Å². The Morgan fingerprint density at radius 2 is 1.83 bits per heavy atom. The number of aromatic nitrogens is 2. The fourth-order valence-electron chi connectivity index (χ4n) is 3.98. The summed E-state index contributed by atoms with van der Waals surface area (Å²) in [5.41, 5.74) is 6.86. The Kier molecular flexibility index (Phi) is 4.11. The van der Waals surface area contributed by atoms with Crippen LogP contribution in [-0.4, -0.2) is 28.0 Å². The number of likely N-dealkylation sites (tertiary alicyclic amines) is 1. The number of nitrogens with zero attached hydrogens (tertiary/aromatic N) is 2. The third-order valence-electron chi connectivity index (χ3n) is 5.59. The van der Waals surface area contributed by atoms with E-state index in [0.29, 0.717) is 5.92 Å². The molecule has 1 aliphatic rings. The summed E-state index contributed by atoms with van der Waals surface area (Å²) in [6, 6.07) is 11.0. The molecular weight excluding hydrogens is 294 g/mol. The summed E-state index contributed by atoms with van der Waals surface area (Å²) >= 11 is 0. The number of nitrogens with one attached hydrogen (secondary N) is 1. The molecule has 124 valence electrons. The Hall–Kier alpha value is -2.13. The molecule has 0 amide bonds. The van der Waals surface area contributed by atoms with E-state index in [2.05, 4.69) is 59.0 Å². The van der Waals surface area contributed by atoms with E-state index in [1.165, 1.54) is 59.2 Å². The van der Waals surface area contributed by atoms with Crippen LogP contribution in [0, 0.1) is 13.8 Å². The van der Waals surface area contributed by atoms with Crippen molar-refractivity contribution in [1.82, 2.24) is 14.9 Å². The zero-order chi connectivity index (χ0) is 16.5. The van der Waals surface area contributed by atoms with Crippen LogP contribution in [0.1, 0.15) is 41.1 Å². The van der Waals surface area contributed by atoms with Gasteiger partial charge in [-0.15, -0.1) is 0 Å². The van der Waals surface area contributed by atoms with Crippen LogP contribution in [0.5, 0.6) is 0 Å². The maximum absolute atomic E-state index is 4.14. The van der Waals surface area contributed by atoms with Gasteiger partial charge >= 0.3 is 0 Å². The van der Waals surface area contributed by atoms with Crippen molar-refractivity contribution in [2.45, 2.75) is 39.2 Å². The fourth-order valence-corrected chi connectivity index (χ4v) is 3.98. The molecule has 1 aromatic carbocycles. The molecule has 0 saturated carbocycles. The third kappa shape index (κ3) is 2.84. The van der Waals surface area contributed by atoms with Crippen LogP contribution in [0.25, 0.3) is 10.9 Å². The average Bonchev–Trinajstić information content (AvgIpc) is 2.92. The monoisotopic (exact) mass is 319 g/mol. The molecule has 1 aliphatic heterocycles. The van der Waals surface area contributed by atoms with Crippen LogP contribution in [0.2, 0.25) is 0 Å². The quantitative estimate of drug-likeness (QED) is 0.767. The number of fused-ring (bicyclic) bond motifs is 1. The summed E-state index contributed by atoms with van der Waals surface area (Å²) in [7, 11) is 0. The van der Waals surface area contributed by atoms with E-state index in [1.54, 1.807) is 0 Å². The molecule has 3 heterocycles. The molecule has 3 heteroatoms. The van der Waals surface area contributed by atoms with E-state index >= 15 is 0 Å². The molecule has 0 atom stereocenters. The summed E-state index contributed by atoms with van der Waals surface area (Å²) in [5, 5.41) is 1.37. The van der Waals surface area contributed by atoms with Gasteiger partial charge in [0.15, 0.2) is 0 Å². The van der Waals surface area contributed by atoms with E-state index in [0.717, 1.165) is 6.54 Å². The van der Waals surface area contributed by atoms with Crippen LogP contribution >= 0.6 is 0 Å². The van der Waals surface area contributed by atoms with Gasteiger partial charge in [0.1, 0.15) is 0 Å². The maximum atomic E-state index is 4.14. The molecule has 0 aliphatic carbocycles. The number of hydrogen-bond donors (Lipinski definition) is 1. The summed E-state index contributed by atoms with van der Waals surface area (Å²) < 4.78 is 0. The predicted molar refractivity (Wildman–Crippen MR) is 99.3 cm³/mol. The van der Waals surface area contributed by atoms with E-state index < -0.39 is 0 Å².